The summed E-state index contributed by atoms with van der Waals surface area (Å²) in [6.45, 7) is 5.57. The van der Waals surface area contributed by atoms with Gasteiger partial charge in [-0.25, -0.2) is 0 Å². The standard InChI is InChI=1S/C20H23F3N2O2/c1-13(2)10-15-4-6-16(7-5-15)14(3)24-18(26)12-25-11-17(20(21,22)23)8-9-19(25)27/h4-9,11,13-14H,10,12H2,1-3H3,(H,24,26). The molecule has 0 aliphatic rings. The third-order valence-corrected chi connectivity index (χ3v) is 4.13. The van der Waals surface area contributed by atoms with E-state index in [0.29, 0.717) is 18.2 Å². The van der Waals surface area contributed by atoms with Gasteiger partial charge < -0.3 is 9.88 Å². The molecule has 0 fully saturated rings. The van der Waals surface area contributed by atoms with Crippen molar-refractivity contribution in [1.82, 2.24) is 9.88 Å². The SMILES string of the molecule is CC(C)Cc1ccc(C(C)NC(=O)Cn2cc(C(F)(F)F)ccc2=O)cc1. The van der Waals surface area contributed by atoms with Crippen molar-refractivity contribution in [3.63, 3.8) is 0 Å². The van der Waals surface area contributed by atoms with E-state index in [9.17, 15) is 22.8 Å². The Balaban J connectivity index is 2.04. The van der Waals surface area contributed by atoms with Gasteiger partial charge in [0.25, 0.3) is 5.56 Å². The molecule has 1 atom stereocenters. The van der Waals surface area contributed by atoms with Crippen molar-refractivity contribution in [2.45, 2.75) is 46.0 Å². The van der Waals surface area contributed by atoms with Crippen LogP contribution in [0.5, 0.6) is 0 Å². The molecule has 146 valence electrons. The van der Waals surface area contributed by atoms with Crippen molar-refractivity contribution in [2.24, 2.45) is 5.92 Å². The Kier molecular flexibility index (Phi) is 6.46. The summed E-state index contributed by atoms with van der Waals surface area (Å²) >= 11 is 0. The molecule has 0 spiro atoms. The Bertz CT molecular complexity index is 840. The van der Waals surface area contributed by atoms with Gasteiger partial charge in [0.1, 0.15) is 6.54 Å². The lowest BCUT2D eigenvalue weighted by Crippen LogP contribution is -2.34. The molecule has 1 N–H and O–H groups in total. The summed E-state index contributed by atoms with van der Waals surface area (Å²) in [6, 6.07) is 9.01. The maximum atomic E-state index is 12.8. The maximum Gasteiger partial charge on any atom is 0.417 e. The fourth-order valence-electron chi connectivity index (χ4n) is 2.76. The van der Waals surface area contributed by atoms with Gasteiger partial charge in [-0.05, 0) is 36.5 Å². The highest BCUT2D eigenvalue weighted by Crippen LogP contribution is 2.28. The molecule has 0 aliphatic carbocycles. The summed E-state index contributed by atoms with van der Waals surface area (Å²) in [5.41, 5.74) is 0.447. The van der Waals surface area contributed by atoms with Crippen LogP contribution in [-0.2, 0) is 23.9 Å². The molecule has 4 nitrogen and oxygen atoms in total. The molecule has 1 aromatic heterocycles. The van der Waals surface area contributed by atoms with Crippen LogP contribution in [0, 0.1) is 5.92 Å². The van der Waals surface area contributed by atoms with E-state index in [0.717, 1.165) is 22.6 Å². The van der Waals surface area contributed by atoms with E-state index in [1.54, 1.807) is 6.92 Å². The molecule has 1 amide bonds. The number of pyridine rings is 1. The quantitative estimate of drug-likeness (QED) is 0.825. The lowest BCUT2D eigenvalue weighted by atomic mass is 10.00. The number of nitrogens with zero attached hydrogens (tertiary/aromatic N) is 1. The summed E-state index contributed by atoms with van der Waals surface area (Å²) in [5.74, 6) is 0.00827. The van der Waals surface area contributed by atoms with Crippen molar-refractivity contribution in [3.8, 4) is 0 Å². The van der Waals surface area contributed by atoms with Crippen molar-refractivity contribution in [2.75, 3.05) is 0 Å². The van der Waals surface area contributed by atoms with E-state index >= 15 is 0 Å². The molecule has 0 saturated heterocycles. The summed E-state index contributed by atoms with van der Waals surface area (Å²) in [5, 5.41) is 2.71. The van der Waals surface area contributed by atoms with Crippen LogP contribution < -0.4 is 10.9 Å². The van der Waals surface area contributed by atoms with Crippen molar-refractivity contribution in [1.29, 1.82) is 0 Å². The summed E-state index contributed by atoms with van der Waals surface area (Å²) in [6.07, 6.45) is -2.95. The molecular formula is C20H23F3N2O2. The molecule has 0 radical (unpaired) electrons. The highest BCUT2D eigenvalue weighted by atomic mass is 19.4. The van der Waals surface area contributed by atoms with Gasteiger partial charge >= 0.3 is 6.18 Å². The number of rotatable bonds is 6. The van der Waals surface area contributed by atoms with Crippen LogP contribution in [0.2, 0.25) is 0 Å². The molecule has 1 aromatic carbocycles. The molecule has 0 bridgehead atoms. The topological polar surface area (TPSA) is 51.1 Å². The first-order valence-electron chi connectivity index (χ1n) is 8.72. The third-order valence-electron chi connectivity index (χ3n) is 4.13. The van der Waals surface area contributed by atoms with E-state index in [4.69, 9.17) is 0 Å². The second kappa shape index (κ2) is 8.41. The fraction of sp³-hybridized carbons (Fsp3) is 0.400. The second-order valence-corrected chi connectivity index (χ2v) is 7.01. The van der Waals surface area contributed by atoms with Crippen molar-refractivity contribution < 1.29 is 18.0 Å². The highest BCUT2D eigenvalue weighted by Gasteiger charge is 2.31. The number of hydrogen-bond donors (Lipinski definition) is 1. The van der Waals surface area contributed by atoms with E-state index < -0.39 is 29.8 Å². The number of benzene rings is 1. The largest absolute Gasteiger partial charge is 0.417 e. The number of halogens is 3. The van der Waals surface area contributed by atoms with Crippen LogP contribution in [-0.4, -0.2) is 10.5 Å². The Morgan fingerprint density at radius 1 is 1.07 bits per heavy atom. The molecule has 1 heterocycles. The summed E-state index contributed by atoms with van der Waals surface area (Å²) in [7, 11) is 0. The summed E-state index contributed by atoms with van der Waals surface area (Å²) < 4.78 is 39.1. The molecule has 1 unspecified atom stereocenters. The van der Waals surface area contributed by atoms with Crippen molar-refractivity contribution in [3.05, 3.63) is 69.6 Å². The third kappa shape index (κ3) is 5.98. The Morgan fingerprint density at radius 3 is 2.26 bits per heavy atom. The number of amides is 1. The Labute approximate surface area is 156 Å². The van der Waals surface area contributed by atoms with Gasteiger partial charge in [0, 0.05) is 12.3 Å². The van der Waals surface area contributed by atoms with Gasteiger partial charge in [0.2, 0.25) is 5.91 Å². The van der Waals surface area contributed by atoms with Crippen LogP contribution in [0.4, 0.5) is 13.2 Å². The second-order valence-electron chi connectivity index (χ2n) is 7.01. The molecule has 27 heavy (non-hydrogen) atoms. The Hall–Kier alpha value is -2.57. The first-order chi connectivity index (χ1) is 12.6. The number of alkyl halides is 3. The number of carbonyl (C=O) groups is 1. The number of nitrogens with one attached hydrogen (secondary N) is 1. The molecule has 0 aliphatic heterocycles. The average molecular weight is 380 g/mol. The lowest BCUT2D eigenvalue weighted by molar-refractivity contribution is -0.138. The van der Waals surface area contributed by atoms with Gasteiger partial charge in [0.15, 0.2) is 0 Å². The molecule has 2 aromatic rings. The van der Waals surface area contributed by atoms with Crippen molar-refractivity contribution >= 4 is 5.91 Å². The maximum absolute atomic E-state index is 12.8. The molecule has 7 heteroatoms. The fourth-order valence-corrected chi connectivity index (χ4v) is 2.76. The minimum atomic E-state index is -4.57. The van der Waals surface area contributed by atoms with Crippen LogP contribution in [0.3, 0.4) is 0 Å². The first kappa shape index (κ1) is 20.7. The normalized spacial score (nSPS) is 12.9. The summed E-state index contributed by atoms with van der Waals surface area (Å²) in [4.78, 5) is 23.9. The average Bonchev–Trinajstić information content (AvgIpc) is 2.55. The molecular weight excluding hydrogens is 357 g/mol. The lowest BCUT2D eigenvalue weighted by Gasteiger charge is -2.16. The first-order valence-corrected chi connectivity index (χ1v) is 8.72. The predicted octanol–water partition coefficient (Wildman–Crippen LogP) is 3.94. The zero-order valence-electron chi connectivity index (χ0n) is 15.5. The van der Waals surface area contributed by atoms with E-state index in [1.807, 2.05) is 24.3 Å². The van der Waals surface area contributed by atoms with Gasteiger partial charge in [-0.2, -0.15) is 13.2 Å². The van der Waals surface area contributed by atoms with Gasteiger partial charge in [-0.15, -0.1) is 0 Å². The highest BCUT2D eigenvalue weighted by molar-refractivity contribution is 5.76. The van der Waals surface area contributed by atoms with Crippen LogP contribution in [0.1, 0.15) is 43.5 Å². The predicted molar refractivity (Wildman–Crippen MR) is 97.2 cm³/mol. The number of aromatic nitrogens is 1. The van der Waals surface area contributed by atoms with Crippen LogP contribution in [0.25, 0.3) is 0 Å². The molecule has 0 saturated carbocycles. The zero-order chi connectivity index (χ0) is 20.2. The van der Waals surface area contributed by atoms with Crippen LogP contribution >= 0.6 is 0 Å². The number of hydrogen-bond acceptors (Lipinski definition) is 2. The minimum Gasteiger partial charge on any atom is -0.348 e. The van der Waals surface area contributed by atoms with Crippen LogP contribution in [0.15, 0.2) is 47.4 Å². The monoisotopic (exact) mass is 380 g/mol. The van der Waals surface area contributed by atoms with Gasteiger partial charge in [-0.3, -0.25) is 9.59 Å². The van der Waals surface area contributed by atoms with E-state index in [2.05, 4.69) is 19.2 Å². The smallest absolute Gasteiger partial charge is 0.348 e. The van der Waals surface area contributed by atoms with Gasteiger partial charge in [0.05, 0.1) is 11.6 Å². The Morgan fingerprint density at radius 2 is 1.70 bits per heavy atom. The van der Waals surface area contributed by atoms with E-state index in [1.165, 1.54) is 5.56 Å². The zero-order valence-corrected chi connectivity index (χ0v) is 15.5. The number of carbonyl (C=O) groups excluding carboxylic acids is 1. The minimum absolute atomic E-state index is 0.327. The van der Waals surface area contributed by atoms with E-state index in [-0.39, 0.29) is 6.04 Å². The van der Waals surface area contributed by atoms with Gasteiger partial charge in [-0.1, -0.05) is 38.1 Å². The molecule has 2 rings (SSSR count).